The monoisotopic (exact) mass is 881 g/mol. The highest BCUT2D eigenvalue weighted by Crippen LogP contribution is 2.11. The molecular weight excluding hydrogens is 789 g/mol. The van der Waals surface area contributed by atoms with Crippen molar-refractivity contribution in [3.8, 4) is 0 Å². The molecule has 5 nitrogen and oxygen atoms in total. The molecule has 0 aromatic rings. The van der Waals surface area contributed by atoms with Gasteiger partial charge in [-0.1, -0.05) is 199 Å². The van der Waals surface area contributed by atoms with Crippen LogP contribution in [0.5, 0.6) is 0 Å². The van der Waals surface area contributed by atoms with Gasteiger partial charge in [-0.3, -0.25) is 9.59 Å². The number of hydrogen-bond donors (Lipinski definition) is 0. The third kappa shape index (κ3) is 50.4. The molecule has 1 unspecified atom stereocenters. The Kier molecular flexibility index (Phi) is 49.6. The zero-order valence-electron chi connectivity index (χ0n) is 41.0. The quantitative estimate of drug-likeness (QED) is 0.0347. The van der Waals surface area contributed by atoms with Crippen molar-refractivity contribution < 1.29 is 23.8 Å². The second-order valence-corrected chi connectivity index (χ2v) is 15.9. The largest absolute Gasteiger partial charge is 0.462 e. The summed E-state index contributed by atoms with van der Waals surface area (Å²) in [6.07, 6.45) is 77.3. The van der Waals surface area contributed by atoms with Gasteiger partial charge in [-0.05, 0) is 122 Å². The van der Waals surface area contributed by atoms with Gasteiger partial charge in [0.2, 0.25) is 0 Å². The van der Waals surface area contributed by atoms with Crippen molar-refractivity contribution in [3.63, 3.8) is 0 Å². The number of ether oxygens (including phenoxy) is 3. The topological polar surface area (TPSA) is 61.8 Å². The Hall–Kier alpha value is -4.22. The SMILES string of the molecule is CC/C=C\C/C=C\C/C=C\C/C=C\CCCCCCCCC(=O)OCC(COCCCCC/C=C\C/C=C\C/C=C\C/C=C\CC)OC(=O)CC/C=C\C/C=C\C/C=C\C/C=C\CC. The molecule has 0 amide bonds. The molecular formula is C59H92O5. The van der Waals surface area contributed by atoms with Gasteiger partial charge in [0.25, 0.3) is 0 Å². The lowest BCUT2D eigenvalue weighted by atomic mass is 10.1. The standard InChI is InChI=1S/C59H92O5/c1-4-7-10-13-16-19-22-25-27-29-30-31-32-35-37-40-43-46-49-52-58(60)63-56-57(64-59(61)53-50-47-44-41-38-34-24-21-18-15-12-9-6-3)55-62-54-51-48-45-42-39-36-33-28-26-23-20-17-14-11-8-5-2/h7-12,16-21,25-28,30-31,34,36,38-39,44,47,57H,4-6,13-15,22-24,29,32-33,35,37,40-43,45-46,48-56H2,1-3H3/b10-7-,11-8-,12-9-,19-16-,20-17-,21-18-,27-25-,28-26-,31-30-,38-34-,39-36-,47-44-. The number of carbonyl (C=O) groups is 2. The number of unbranched alkanes of at least 4 members (excludes halogenated alkanes) is 9. The van der Waals surface area contributed by atoms with Crippen molar-refractivity contribution in [2.45, 2.75) is 194 Å². The van der Waals surface area contributed by atoms with E-state index in [2.05, 4.69) is 161 Å². The molecule has 64 heavy (non-hydrogen) atoms. The summed E-state index contributed by atoms with van der Waals surface area (Å²) in [7, 11) is 0. The molecule has 0 aliphatic heterocycles. The predicted octanol–water partition coefficient (Wildman–Crippen LogP) is 17.3. The first-order valence-corrected chi connectivity index (χ1v) is 25.4. The Bertz CT molecular complexity index is 1410. The lowest BCUT2D eigenvalue weighted by Crippen LogP contribution is -2.30. The average Bonchev–Trinajstić information content (AvgIpc) is 3.30. The molecule has 0 spiro atoms. The van der Waals surface area contributed by atoms with Crippen LogP contribution in [0.25, 0.3) is 0 Å². The number of carbonyl (C=O) groups excluding carboxylic acids is 2. The van der Waals surface area contributed by atoms with Crippen LogP contribution in [0.3, 0.4) is 0 Å². The summed E-state index contributed by atoms with van der Waals surface area (Å²) in [5.74, 6) is -0.539. The van der Waals surface area contributed by atoms with E-state index in [0.717, 1.165) is 128 Å². The number of rotatable bonds is 44. The van der Waals surface area contributed by atoms with Crippen LogP contribution in [-0.4, -0.2) is 37.9 Å². The summed E-state index contributed by atoms with van der Waals surface area (Å²) in [4.78, 5) is 25.4. The average molecular weight is 881 g/mol. The Morgan fingerprint density at radius 2 is 0.688 bits per heavy atom. The van der Waals surface area contributed by atoms with Gasteiger partial charge in [0.05, 0.1) is 6.61 Å². The first kappa shape index (κ1) is 59.8. The van der Waals surface area contributed by atoms with Crippen LogP contribution >= 0.6 is 0 Å². The van der Waals surface area contributed by atoms with E-state index in [-0.39, 0.29) is 31.6 Å². The van der Waals surface area contributed by atoms with Crippen LogP contribution in [0, 0.1) is 0 Å². The zero-order chi connectivity index (χ0) is 46.3. The van der Waals surface area contributed by atoms with Crippen LogP contribution in [-0.2, 0) is 23.8 Å². The molecule has 1 atom stereocenters. The summed E-state index contributed by atoms with van der Waals surface area (Å²) >= 11 is 0. The van der Waals surface area contributed by atoms with Crippen LogP contribution in [0.1, 0.15) is 188 Å². The van der Waals surface area contributed by atoms with Crippen molar-refractivity contribution in [2.75, 3.05) is 19.8 Å². The summed E-state index contributed by atoms with van der Waals surface area (Å²) in [5.41, 5.74) is 0. The molecule has 0 radical (unpaired) electrons. The minimum atomic E-state index is -0.608. The third-order valence-electron chi connectivity index (χ3n) is 9.86. The van der Waals surface area contributed by atoms with E-state index in [1.54, 1.807) is 0 Å². The van der Waals surface area contributed by atoms with Crippen LogP contribution in [0.4, 0.5) is 0 Å². The second-order valence-electron chi connectivity index (χ2n) is 15.9. The molecule has 0 aliphatic rings. The van der Waals surface area contributed by atoms with Crippen molar-refractivity contribution in [1.29, 1.82) is 0 Å². The fourth-order valence-electron chi connectivity index (χ4n) is 6.21. The number of allylic oxidation sites excluding steroid dienone is 24. The van der Waals surface area contributed by atoms with Crippen LogP contribution in [0.2, 0.25) is 0 Å². The van der Waals surface area contributed by atoms with Crippen molar-refractivity contribution in [3.05, 3.63) is 146 Å². The normalized spacial score (nSPS) is 13.5. The van der Waals surface area contributed by atoms with Gasteiger partial charge in [-0.2, -0.15) is 0 Å². The number of esters is 2. The van der Waals surface area contributed by atoms with Crippen molar-refractivity contribution in [2.24, 2.45) is 0 Å². The summed E-state index contributed by atoms with van der Waals surface area (Å²) in [5, 5.41) is 0. The maximum absolute atomic E-state index is 12.7. The van der Waals surface area contributed by atoms with Gasteiger partial charge in [0.15, 0.2) is 6.10 Å². The highest BCUT2D eigenvalue weighted by molar-refractivity contribution is 5.70. The first-order chi connectivity index (χ1) is 31.6. The Morgan fingerprint density at radius 3 is 1.11 bits per heavy atom. The number of hydrogen-bond acceptors (Lipinski definition) is 5. The minimum Gasteiger partial charge on any atom is -0.462 e. The highest BCUT2D eigenvalue weighted by atomic mass is 16.6. The highest BCUT2D eigenvalue weighted by Gasteiger charge is 2.17. The van der Waals surface area contributed by atoms with Gasteiger partial charge in [0, 0.05) is 19.4 Å². The molecule has 0 aliphatic carbocycles. The van der Waals surface area contributed by atoms with Gasteiger partial charge in [-0.25, -0.2) is 0 Å². The minimum absolute atomic E-state index is 0.0255. The van der Waals surface area contributed by atoms with Crippen LogP contribution < -0.4 is 0 Å². The molecule has 5 heteroatoms. The smallest absolute Gasteiger partial charge is 0.306 e. The summed E-state index contributed by atoms with van der Waals surface area (Å²) in [6, 6.07) is 0. The fraction of sp³-hybridized carbons (Fsp3) is 0.559. The molecule has 0 aromatic heterocycles. The molecule has 358 valence electrons. The van der Waals surface area contributed by atoms with E-state index in [1.807, 2.05) is 6.08 Å². The first-order valence-electron chi connectivity index (χ1n) is 25.4. The third-order valence-corrected chi connectivity index (χ3v) is 9.86. The molecule has 0 aromatic carbocycles. The lowest BCUT2D eigenvalue weighted by Gasteiger charge is -2.18. The van der Waals surface area contributed by atoms with Gasteiger partial charge >= 0.3 is 11.9 Å². The van der Waals surface area contributed by atoms with E-state index in [9.17, 15) is 9.59 Å². The molecule has 0 fully saturated rings. The summed E-state index contributed by atoms with van der Waals surface area (Å²) in [6.45, 7) is 7.29. The molecule has 0 saturated carbocycles. The molecule has 0 N–H and O–H groups in total. The predicted molar refractivity (Wildman–Crippen MR) is 278 cm³/mol. The molecule has 0 rings (SSSR count). The van der Waals surface area contributed by atoms with E-state index < -0.39 is 6.10 Å². The van der Waals surface area contributed by atoms with Gasteiger partial charge < -0.3 is 14.2 Å². The Morgan fingerprint density at radius 1 is 0.344 bits per heavy atom. The van der Waals surface area contributed by atoms with E-state index in [1.165, 1.54) is 19.3 Å². The maximum Gasteiger partial charge on any atom is 0.306 e. The Labute approximate surface area is 393 Å². The van der Waals surface area contributed by atoms with Gasteiger partial charge in [-0.15, -0.1) is 0 Å². The van der Waals surface area contributed by atoms with Crippen LogP contribution in [0.15, 0.2) is 146 Å². The maximum atomic E-state index is 12.7. The van der Waals surface area contributed by atoms with Gasteiger partial charge in [0.1, 0.15) is 6.61 Å². The lowest BCUT2D eigenvalue weighted by molar-refractivity contribution is -0.162. The second kappa shape index (κ2) is 53.1. The van der Waals surface area contributed by atoms with Crippen molar-refractivity contribution >= 4 is 11.9 Å². The molecule has 0 heterocycles. The zero-order valence-corrected chi connectivity index (χ0v) is 41.0. The summed E-state index contributed by atoms with van der Waals surface area (Å²) < 4.78 is 17.3. The fourth-order valence-corrected chi connectivity index (χ4v) is 6.21. The van der Waals surface area contributed by atoms with E-state index in [0.29, 0.717) is 19.4 Å². The van der Waals surface area contributed by atoms with E-state index >= 15 is 0 Å². The Balaban J connectivity index is 4.45. The molecule has 0 saturated heterocycles. The molecule has 0 bridgehead atoms. The van der Waals surface area contributed by atoms with Crippen molar-refractivity contribution in [1.82, 2.24) is 0 Å². The van der Waals surface area contributed by atoms with E-state index in [4.69, 9.17) is 14.2 Å².